The first-order valence-corrected chi connectivity index (χ1v) is 7.65. The summed E-state index contributed by atoms with van der Waals surface area (Å²) in [6, 6.07) is -0.0281. The summed E-state index contributed by atoms with van der Waals surface area (Å²) >= 11 is 1.24. The van der Waals surface area contributed by atoms with Crippen molar-refractivity contribution in [1.82, 2.24) is 10.3 Å². The molecule has 0 spiro atoms. The highest BCUT2D eigenvalue weighted by Crippen LogP contribution is 2.47. The standard InChI is InChI=1S/C13H17N3O3S/c14-11-7-2-1-6(3-7)10(11)12(17)15-4-9-16-8(5-20-9)13(18)19/h5-7,10-11H,1-4,14H2,(H,15,17)(H,18,19). The highest BCUT2D eigenvalue weighted by Gasteiger charge is 2.48. The predicted octanol–water partition coefficient (Wildman–Crippen LogP) is 0.831. The van der Waals surface area contributed by atoms with Gasteiger partial charge in [0.25, 0.3) is 0 Å². The number of aromatic carboxylic acids is 1. The molecule has 2 bridgehead atoms. The van der Waals surface area contributed by atoms with Crippen LogP contribution in [0.25, 0.3) is 0 Å². The topological polar surface area (TPSA) is 105 Å². The molecule has 1 aromatic heterocycles. The van der Waals surface area contributed by atoms with Crippen LogP contribution in [-0.4, -0.2) is 28.0 Å². The molecule has 108 valence electrons. The molecule has 1 amide bonds. The molecule has 4 N–H and O–H groups in total. The molecule has 6 nitrogen and oxygen atoms in total. The zero-order chi connectivity index (χ0) is 14.3. The van der Waals surface area contributed by atoms with Crippen molar-refractivity contribution in [1.29, 1.82) is 0 Å². The first-order valence-electron chi connectivity index (χ1n) is 6.77. The Morgan fingerprint density at radius 1 is 1.45 bits per heavy atom. The van der Waals surface area contributed by atoms with Crippen molar-refractivity contribution in [3.8, 4) is 0 Å². The molecule has 0 radical (unpaired) electrons. The molecule has 0 saturated heterocycles. The van der Waals surface area contributed by atoms with E-state index in [1.807, 2.05) is 0 Å². The maximum atomic E-state index is 12.2. The number of carbonyl (C=O) groups excluding carboxylic acids is 1. The lowest BCUT2D eigenvalue weighted by Gasteiger charge is -2.26. The van der Waals surface area contributed by atoms with Crippen LogP contribution < -0.4 is 11.1 Å². The highest BCUT2D eigenvalue weighted by molar-refractivity contribution is 7.09. The number of hydrogen-bond acceptors (Lipinski definition) is 5. The molecule has 3 rings (SSSR count). The number of nitrogens with two attached hydrogens (primary N) is 1. The van der Waals surface area contributed by atoms with Crippen molar-refractivity contribution in [2.24, 2.45) is 23.5 Å². The Balaban J connectivity index is 1.58. The minimum Gasteiger partial charge on any atom is -0.476 e. The van der Waals surface area contributed by atoms with E-state index in [1.165, 1.54) is 16.7 Å². The van der Waals surface area contributed by atoms with E-state index in [0.29, 0.717) is 16.8 Å². The summed E-state index contributed by atoms with van der Waals surface area (Å²) in [5.74, 6) is -0.242. The highest BCUT2D eigenvalue weighted by atomic mass is 32.1. The summed E-state index contributed by atoms with van der Waals surface area (Å²) in [6.45, 7) is 0.275. The van der Waals surface area contributed by atoms with Crippen LogP contribution >= 0.6 is 11.3 Å². The fourth-order valence-corrected chi connectivity index (χ4v) is 4.20. The third-order valence-corrected chi connectivity index (χ3v) is 5.32. The number of aromatic nitrogens is 1. The van der Waals surface area contributed by atoms with E-state index in [9.17, 15) is 9.59 Å². The van der Waals surface area contributed by atoms with Gasteiger partial charge in [-0.3, -0.25) is 4.79 Å². The SMILES string of the molecule is NC1C2CCC(C2)C1C(=O)NCc1nc(C(=O)O)cs1. The van der Waals surface area contributed by atoms with Gasteiger partial charge in [0.15, 0.2) is 5.69 Å². The lowest BCUT2D eigenvalue weighted by molar-refractivity contribution is -0.127. The second kappa shape index (κ2) is 5.14. The molecule has 0 aromatic carbocycles. The minimum absolute atomic E-state index is 0.0169. The molecule has 0 aliphatic heterocycles. The Kier molecular flexibility index (Phi) is 3.47. The lowest BCUT2D eigenvalue weighted by Crippen LogP contribution is -2.45. The van der Waals surface area contributed by atoms with E-state index in [4.69, 9.17) is 10.8 Å². The van der Waals surface area contributed by atoms with Gasteiger partial charge in [-0.1, -0.05) is 0 Å². The van der Waals surface area contributed by atoms with Gasteiger partial charge in [0.2, 0.25) is 5.91 Å². The molecule has 7 heteroatoms. The van der Waals surface area contributed by atoms with Crippen LogP contribution in [0, 0.1) is 17.8 Å². The summed E-state index contributed by atoms with van der Waals surface area (Å²) < 4.78 is 0. The Bertz CT molecular complexity index is 543. The normalized spacial score (nSPS) is 31.4. The zero-order valence-corrected chi connectivity index (χ0v) is 11.7. The summed E-state index contributed by atoms with van der Waals surface area (Å²) in [5, 5.41) is 13.7. The van der Waals surface area contributed by atoms with Gasteiger partial charge >= 0.3 is 5.97 Å². The number of thiazole rings is 1. The monoisotopic (exact) mass is 295 g/mol. The molecule has 2 aliphatic rings. The number of carbonyl (C=O) groups is 2. The van der Waals surface area contributed by atoms with Crippen molar-refractivity contribution in [2.45, 2.75) is 31.8 Å². The van der Waals surface area contributed by atoms with Gasteiger partial charge in [-0.2, -0.15) is 0 Å². The number of fused-ring (bicyclic) bond motifs is 2. The number of carboxylic acids is 1. The molecule has 2 aliphatic carbocycles. The minimum atomic E-state index is -1.05. The second-order valence-corrected chi connectivity index (χ2v) is 6.53. The number of rotatable bonds is 4. The second-order valence-electron chi connectivity index (χ2n) is 5.59. The van der Waals surface area contributed by atoms with Gasteiger partial charge in [0.05, 0.1) is 12.5 Å². The fraction of sp³-hybridized carbons (Fsp3) is 0.615. The summed E-state index contributed by atoms with van der Waals surface area (Å²) in [7, 11) is 0. The van der Waals surface area contributed by atoms with Crippen LogP contribution in [0.1, 0.15) is 34.8 Å². The molecule has 2 fully saturated rings. The van der Waals surface area contributed by atoms with Gasteiger partial charge in [0.1, 0.15) is 5.01 Å². The van der Waals surface area contributed by atoms with Gasteiger partial charge in [-0.15, -0.1) is 11.3 Å². The van der Waals surface area contributed by atoms with Crippen molar-refractivity contribution in [3.63, 3.8) is 0 Å². The summed E-state index contributed by atoms with van der Waals surface area (Å²) in [5.41, 5.74) is 6.15. The maximum Gasteiger partial charge on any atom is 0.355 e. The average molecular weight is 295 g/mol. The number of amides is 1. The van der Waals surface area contributed by atoms with Crippen LogP contribution in [0.5, 0.6) is 0 Å². The number of carboxylic acid groups (broad SMARTS) is 1. The first-order chi connectivity index (χ1) is 9.56. The van der Waals surface area contributed by atoms with E-state index < -0.39 is 5.97 Å². The van der Waals surface area contributed by atoms with Gasteiger partial charge < -0.3 is 16.2 Å². The Morgan fingerprint density at radius 2 is 2.20 bits per heavy atom. The van der Waals surface area contributed by atoms with Crippen LogP contribution in [0.15, 0.2) is 5.38 Å². The Hall–Kier alpha value is -1.47. The van der Waals surface area contributed by atoms with Crippen molar-refractivity contribution in [3.05, 3.63) is 16.1 Å². The predicted molar refractivity (Wildman–Crippen MR) is 73.2 cm³/mol. The van der Waals surface area contributed by atoms with E-state index in [0.717, 1.165) is 19.3 Å². The average Bonchev–Trinajstić information content (AvgIpc) is 3.11. The first kappa shape index (κ1) is 13.5. The summed E-state index contributed by atoms with van der Waals surface area (Å²) in [6.07, 6.45) is 3.31. The van der Waals surface area contributed by atoms with Crippen molar-refractivity contribution >= 4 is 23.2 Å². The van der Waals surface area contributed by atoms with E-state index in [1.54, 1.807) is 0 Å². The van der Waals surface area contributed by atoms with E-state index >= 15 is 0 Å². The van der Waals surface area contributed by atoms with Gasteiger partial charge in [-0.05, 0) is 31.1 Å². The van der Waals surface area contributed by atoms with Crippen molar-refractivity contribution < 1.29 is 14.7 Å². The molecular weight excluding hydrogens is 278 g/mol. The molecule has 20 heavy (non-hydrogen) atoms. The molecular formula is C13H17N3O3S. The van der Waals surface area contributed by atoms with Crippen LogP contribution in [-0.2, 0) is 11.3 Å². The third-order valence-electron chi connectivity index (χ3n) is 4.47. The quantitative estimate of drug-likeness (QED) is 0.763. The van der Waals surface area contributed by atoms with E-state index in [-0.39, 0.29) is 30.1 Å². The smallest absolute Gasteiger partial charge is 0.355 e. The number of hydrogen-bond donors (Lipinski definition) is 3. The van der Waals surface area contributed by atoms with Gasteiger partial charge in [0, 0.05) is 11.4 Å². The van der Waals surface area contributed by atoms with Crippen LogP contribution in [0.4, 0.5) is 0 Å². The third kappa shape index (κ3) is 2.31. The zero-order valence-electron chi connectivity index (χ0n) is 10.9. The molecule has 4 unspecified atom stereocenters. The fourth-order valence-electron chi connectivity index (χ4n) is 3.50. The Labute approximate surface area is 120 Å². The molecule has 1 aromatic rings. The largest absolute Gasteiger partial charge is 0.476 e. The number of nitrogens with one attached hydrogen (secondary N) is 1. The van der Waals surface area contributed by atoms with Crippen molar-refractivity contribution in [2.75, 3.05) is 0 Å². The molecule has 4 atom stereocenters. The maximum absolute atomic E-state index is 12.2. The molecule has 1 heterocycles. The van der Waals surface area contributed by atoms with Crippen LogP contribution in [0.3, 0.4) is 0 Å². The number of nitrogens with zero attached hydrogens (tertiary/aromatic N) is 1. The Morgan fingerprint density at radius 3 is 2.80 bits per heavy atom. The van der Waals surface area contributed by atoms with E-state index in [2.05, 4.69) is 10.3 Å². The van der Waals surface area contributed by atoms with Crippen LogP contribution in [0.2, 0.25) is 0 Å². The van der Waals surface area contributed by atoms with Gasteiger partial charge in [-0.25, -0.2) is 9.78 Å². The lowest BCUT2D eigenvalue weighted by atomic mass is 9.84. The summed E-state index contributed by atoms with van der Waals surface area (Å²) in [4.78, 5) is 26.9. The molecule has 2 saturated carbocycles.